The molecule has 0 aliphatic rings. The molecule has 1 aromatic carbocycles. The molecule has 0 spiro atoms. The quantitative estimate of drug-likeness (QED) is 0.358. The third-order valence-corrected chi connectivity index (χ3v) is 2.64. The highest BCUT2D eigenvalue weighted by molar-refractivity contribution is 7.80. The number of nitrogens with one attached hydrogen (secondary N) is 2. The van der Waals surface area contributed by atoms with Gasteiger partial charge >= 0.3 is 0 Å². The summed E-state index contributed by atoms with van der Waals surface area (Å²) >= 11 is 5.07. The smallest absolute Gasteiger partial charge is 0.187 e. The molecule has 0 aliphatic carbocycles. The first-order valence-corrected chi connectivity index (χ1v) is 6.29. The lowest BCUT2D eigenvalue weighted by molar-refractivity contribution is 0.204. The molecule has 5 nitrogen and oxygen atoms in total. The lowest BCUT2D eigenvalue weighted by Crippen LogP contribution is -2.34. The van der Waals surface area contributed by atoms with E-state index in [1.807, 2.05) is 31.2 Å². The first kappa shape index (κ1) is 15.4. The Labute approximate surface area is 119 Å². The van der Waals surface area contributed by atoms with Crippen molar-refractivity contribution in [2.75, 3.05) is 27.4 Å². The van der Waals surface area contributed by atoms with Crippen molar-refractivity contribution in [3.63, 3.8) is 0 Å². The molecule has 0 atom stereocenters. The second-order valence-corrected chi connectivity index (χ2v) is 4.20. The molecule has 19 heavy (non-hydrogen) atoms. The zero-order valence-corrected chi connectivity index (χ0v) is 12.2. The number of hydrazone groups is 1. The predicted octanol–water partition coefficient (Wildman–Crippen LogP) is 1.53. The Hall–Kier alpha value is -1.66. The fourth-order valence-corrected chi connectivity index (χ4v) is 1.50. The minimum atomic E-state index is 0.472. The first-order valence-electron chi connectivity index (χ1n) is 5.89. The summed E-state index contributed by atoms with van der Waals surface area (Å²) in [5, 5.41) is 7.66. The number of rotatable bonds is 6. The zero-order chi connectivity index (χ0) is 14.1. The third-order valence-electron chi connectivity index (χ3n) is 2.40. The Balaban J connectivity index is 2.53. The van der Waals surface area contributed by atoms with Crippen molar-refractivity contribution in [1.82, 2.24) is 10.7 Å². The van der Waals surface area contributed by atoms with Crippen LogP contribution in [-0.4, -0.2) is 38.2 Å². The van der Waals surface area contributed by atoms with Gasteiger partial charge < -0.3 is 14.8 Å². The topological polar surface area (TPSA) is 54.9 Å². The van der Waals surface area contributed by atoms with Gasteiger partial charge in [0.1, 0.15) is 5.75 Å². The van der Waals surface area contributed by atoms with Crippen molar-refractivity contribution in [3.05, 3.63) is 29.8 Å². The van der Waals surface area contributed by atoms with Gasteiger partial charge in [0, 0.05) is 19.2 Å². The van der Waals surface area contributed by atoms with Crippen molar-refractivity contribution in [1.29, 1.82) is 0 Å². The number of ether oxygens (including phenoxy) is 2. The van der Waals surface area contributed by atoms with E-state index in [1.165, 1.54) is 0 Å². The van der Waals surface area contributed by atoms with Gasteiger partial charge in [-0.1, -0.05) is 12.1 Å². The lowest BCUT2D eigenvalue weighted by atomic mass is 10.1. The van der Waals surface area contributed by atoms with Gasteiger partial charge in [0.25, 0.3) is 0 Å². The van der Waals surface area contributed by atoms with E-state index in [1.54, 1.807) is 14.2 Å². The van der Waals surface area contributed by atoms with Gasteiger partial charge in [0.15, 0.2) is 5.11 Å². The summed E-state index contributed by atoms with van der Waals surface area (Å²) in [4.78, 5) is 0. The summed E-state index contributed by atoms with van der Waals surface area (Å²) in [7, 11) is 3.28. The van der Waals surface area contributed by atoms with Crippen LogP contribution < -0.4 is 15.5 Å². The van der Waals surface area contributed by atoms with Crippen LogP contribution in [0.3, 0.4) is 0 Å². The number of hydrogen-bond acceptors (Lipinski definition) is 4. The minimum absolute atomic E-state index is 0.472. The van der Waals surface area contributed by atoms with Crippen molar-refractivity contribution in [3.8, 4) is 5.75 Å². The zero-order valence-electron chi connectivity index (χ0n) is 11.4. The predicted molar refractivity (Wildman–Crippen MR) is 80.8 cm³/mol. The molecule has 0 radical (unpaired) electrons. The molecule has 0 amide bonds. The van der Waals surface area contributed by atoms with Gasteiger partial charge in [-0.25, -0.2) is 0 Å². The van der Waals surface area contributed by atoms with Crippen LogP contribution in [0.5, 0.6) is 5.75 Å². The van der Waals surface area contributed by atoms with E-state index in [4.69, 9.17) is 21.7 Å². The Morgan fingerprint density at radius 3 is 2.84 bits per heavy atom. The lowest BCUT2D eigenvalue weighted by Gasteiger charge is -2.08. The molecule has 0 heterocycles. The molecule has 0 unspecified atom stereocenters. The molecule has 0 saturated heterocycles. The number of hydrogen-bond donors (Lipinski definition) is 2. The summed E-state index contributed by atoms with van der Waals surface area (Å²) in [6.45, 7) is 3.15. The highest BCUT2D eigenvalue weighted by Crippen LogP contribution is 2.12. The molecule has 0 aromatic heterocycles. The molecule has 0 fully saturated rings. The largest absolute Gasteiger partial charge is 0.497 e. The molecule has 6 heteroatoms. The summed E-state index contributed by atoms with van der Waals surface area (Å²) in [6, 6.07) is 7.69. The van der Waals surface area contributed by atoms with Crippen molar-refractivity contribution in [2.24, 2.45) is 5.10 Å². The van der Waals surface area contributed by atoms with E-state index in [9.17, 15) is 0 Å². The van der Waals surface area contributed by atoms with Crippen LogP contribution in [0.25, 0.3) is 0 Å². The van der Waals surface area contributed by atoms with E-state index in [-0.39, 0.29) is 0 Å². The summed E-state index contributed by atoms with van der Waals surface area (Å²) in [5.41, 5.74) is 4.60. The third kappa shape index (κ3) is 5.67. The summed E-state index contributed by atoms with van der Waals surface area (Å²) in [6.07, 6.45) is 0. The van der Waals surface area contributed by atoms with E-state index in [0.717, 1.165) is 17.0 Å². The number of nitrogens with zero attached hydrogens (tertiary/aromatic N) is 1. The Kier molecular flexibility index (Phi) is 6.84. The normalized spacial score (nSPS) is 11.0. The Morgan fingerprint density at radius 1 is 1.37 bits per heavy atom. The molecular weight excluding hydrogens is 262 g/mol. The number of methoxy groups -OCH3 is 2. The standard InChI is InChI=1S/C13H19N3O2S/c1-10(11-5-4-6-12(9-11)18-3)15-16-13(19)14-7-8-17-2/h4-6,9H,7-8H2,1-3H3,(H2,14,16,19). The minimum Gasteiger partial charge on any atom is -0.497 e. The molecule has 2 N–H and O–H groups in total. The maximum absolute atomic E-state index is 5.17. The van der Waals surface area contributed by atoms with Gasteiger partial charge in [0.2, 0.25) is 0 Å². The maximum atomic E-state index is 5.17. The van der Waals surface area contributed by atoms with Gasteiger partial charge in [-0.05, 0) is 31.3 Å². The first-order chi connectivity index (χ1) is 9.17. The molecular formula is C13H19N3O2S. The van der Waals surface area contributed by atoms with E-state index in [0.29, 0.717) is 18.3 Å². The fourth-order valence-electron chi connectivity index (χ4n) is 1.35. The Morgan fingerprint density at radius 2 is 2.16 bits per heavy atom. The SMILES string of the molecule is COCCNC(=S)NN=C(C)c1cccc(OC)c1. The molecule has 0 bridgehead atoms. The van der Waals surface area contributed by atoms with Crippen LogP contribution >= 0.6 is 12.2 Å². The monoisotopic (exact) mass is 281 g/mol. The van der Waals surface area contributed by atoms with E-state index in [2.05, 4.69) is 15.8 Å². The van der Waals surface area contributed by atoms with Crippen molar-refractivity contribution >= 4 is 23.0 Å². The molecule has 104 valence electrons. The fraction of sp³-hybridized carbons (Fsp3) is 0.385. The highest BCUT2D eigenvalue weighted by Gasteiger charge is 2.00. The van der Waals surface area contributed by atoms with Crippen LogP contribution in [0.15, 0.2) is 29.4 Å². The summed E-state index contributed by atoms with van der Waals surface area (Å²) in [5.74, 6) is 0.799. The molecule has 1 aromatic rings. The van der Waals surface area contributed by atoms with Gasteiger partial charge in [0.05, 0.1) is 19.4 Å². The van der Waals surface area contributed by atoms with Crippen LogP contribution in [0.4, 0.5) is 0 Å². The summed E-state index contributed by atoms with van der Waals surface area (Å²) < 4.78 is 10.1. The van der Waals surface area contributed by atoms with Crippen LogP contribution in [0.1, 0.15) is 12.5 Å². The average Bonchev–Trinajstić information content (AvgIpc) is 2.45. The van der Waals surface area contributed by atoms with E-state index >= 15 is 0 Å². The van der Waals surface area contributed by atoms with Gasteiger partial charge in [-0.15, -0.1) is 0 Å². The highest BCUT2D eigenvalue weighted by atomic mass is 32.1. The van der Waals surface area contributed by atoms with Gasteiger partial charge in [-0.2, -0.15) is 5.10 Å². The number of thiocarbonyl (C=S) groups is 1. The number of benzene rings is 1. The van der Waals surface area contributed by atoms with Crippen LogP contribution in [0.2, 0.25) is 0 Å². The van der Waals surface area contributed by atoms with E-state index < -0.39 is 0 Å². The second-order valence-electron chi connectivity index (χ2n) is 3.79. The van der Waals surface area contributed by atoms with Crippen LogP contribution in [0, 0.1) is 0 Å². The maximum Gasteiger partial charge on any atom is 0.187 e. The van der Waals surface area contributed by atoms with Gasteiger partial charge in [-0.3, -0.25) is 5.43 Å². The second kappa shape index (κ2) is 8.44. The molecule has 0 saturated carbocycles. The Bertz CT molecular complexity index is 449. The molecule has 1 rings (SSSR count). The average molecular weight is 281 g/mol. The van der Waals surface area contributed by atoms with Crippen LogP contribution in [-0.2, 0) is 4.74 Å². The van der Waals surface area contributed by atoms with Crippen molar-refractivity contribution in [2.45, 2.75) is 6.92 Å². The van der Waals surface area contributed by atoms with Crippen molar-refractivity contribution < 1.29 is 9.47 Å². The molecule has 0 aliphatic heterocycles.